The van der Waals surface area contributed by atoms with Crippen LogP contribution in [0.2, 0.25) is 10.0 Å². The first kappa shape index (κ1) is 21.7. The van der Waals surface area contributed by atoms with Crippen LogP contribution in [-0.2, 0) is 0 Å². The maximum absolute atomic E-state index is 14.1. The zero-order chi connectivity index (χ0) is 22.2. The van der Waals surface area contributed by atoms with Crippen molar-refractivity contribution in [3.8, 4) is 0 Å². The van der Waals surface area contributed by atoms with Gasteiger partial charge in [0.25, 0.3) is 0 Å². The van der Waals surface area contributed by atoms with Crippen molar-refractivity contribution < 1.29 is 4.79 Å². The Morgan fingerprint density at radius 1 is 0.839 bits per heavy atom. The van der Waals surface area contributed by atoms with Gasteiger partial charge in [0.1, 0.15) is 0 Å². The van der Waals surface area contributed by atoms with Crippen molar-refractivity contribution in [2.45, 2.75) is 45.2 Å². The van der Waals surface area contributed by atoms with E-state index in [2.05, 4.69) is 45.0 Å². The van der Waals surface area contributed by atoms with E-state index in [1.165, 1.54) is 5.56 Å². The molecule has 3 nitrogen and oxygen atoms in total. The molecule has 1 fully saturated rings. The lowest BCUT2D eigenvalue weighted by Crippen LogP contribution is -2.47. The Balaban J connectivity index is 1.96. The molecule has 0 aromatic heterocycles. The number of urea groups is 1. The zero-order valence-electron chi connectivity index (χ0n) is 18.0. The van der Waals surface area contributed by atoms with Crippen LogP contribution in [0.25, 0.3) is 0 Å². The normalized spacial score (nSPS) is 18.0. The number of hydrogen-bond donors (Lipinski definition) is 0. The smallest absolute Gasteiger partial charge is 0.285 e. The van der Waals surface area contributed by atoms with Crippen LogP contribution in [0.3, 0.4) is 0 Å². The monoisotopic (exact) mass is 452 g/mol. The van der Waals surface area contributed by atoms with Crippen molar-refractivity contribution in [3.63, 3.8) is 0 Å². The van der Waals surface area contributed by atoms with E-state index in [1.807, 2.05) is 58.3 Å². The molecule has 4 rings (SSSR count). The maximum atomic E-state index is 14.1. The summed E-state index contributed by atoms with van der Waals surface area (Å²) in [6.07, 6.45) is 1.61. The minimum atomic E-state index is -0.418. The minimum absolute atomic E-state index is 0.0418. The van der Waals surface area contributed by atoms with E-state index in [0.717, 1.165) is 29.8 Å². The molecule has 160 valence electrons. The van der Waals surface area contributed by atoms with Gasteiger partial charge >= 0.3 is 6.03 Å². The fourth-order valence-corrected chi connectivity index (χ4v) is 5.09. The molecule has 0 saturated carbocycles. The summed E-state index contributed by atoms with van der Waals surface area (Å²) >= 11 is 12.3. The summed E-state index contributed by atoms with van der Waals surface area (Å²) in [7, 11) is 0. The summed E-state index contributed by atoms with van der Waals surface area (Å²) in [5, 5.41) is 1.30. The summed E-state index contributed by atoms with van der Waals surface area (Å²) in [5.41, 5.74) is 3.57. The van der Waals surface area contributed by atoms with Crippen LogP contribution in [0.15, 0.2) is 72.8 Å². The highest BCUT2D eigenvalue weighted by atomic mass is 35.5. The van der Waals surface area contributed by atoms with Gasteiger partial charge in [0.2, 0.25) is 0 Å². The number of amides is 2. The van der Waals surface area contributed by atoms with Gasteiger partial charge in [-0.25, -0.2) is 4.79 Å². The fraction of sp³-hybridized carbons (Fsp3) is 0.269. The fourth-order valence-electron chi connectivity index (χ4n) is 4.84. The predicted octanol–water partition coefficient (Wildman–Crippen LogP) is 8.05. The third kappa shape index (κ3) is 3.71. The second-order valence-electron chi connectivity index (χ2n) is 8.07. The lowest BCUT2D eigenvalue weighted by Gasteiger charge is -2.40. The number of aryl methyl sites for hydroxylation is 1. The molecule has 5 heteroatoms. The van der Waals surface area contributed by atoms with Gasteiger partial charge in [0, 0.05) is 21.4 Å². The van der Waals surface area contributed by atoms with Gasteiger partial charge in [0.05, 0.1) is 11.6 Å². The highest BCUT2D eigenvalue weighted by Gasteiger charge is 2.56. The average Bonchev–Trinajstić information content (AvgIpc) is 3.04. The average molecular weight is 453 g/mol. The van der Waals surface area contributed by atoms with Gasteiger partial charge in [-0.3, -0.25) is 9.80 Å². The summed E-state index contributed by atoms with van der Waals surface area (Å²) in [6, 6.07) is 23.3. The first-order valence-electron chi connectivity index (χ1n) is 10.6. The molecule has 0 N–H and O–H groups in total. The van der Waals surface area contributed by atoms with Gasteiger partial charge < -0.3 is 0 Å². The van der Waals surface area contributed by atoms with E-state index >= 15 is 0 Å². The lowest BCUT2D eigenvalue weighted by molar-refractivity contribution is 0.253. The van der Waals surface area contributed by atoms with Crippen molar-refractivity contribution in [3.05, 3.63) is 94.0 Å². The van der Waals surface area contributed by atoms with Crippen LogP contribution in [-0.4, -0.2) is 11.6 Å². The number of benzene rings is 3. The van der Waals surface area contributed by atoms with E-state index in [1.54, 1.807) is 0 Å². The first-order chi connectivity index (χ1) is 14.9. The minimum Gasteiger partial charge on any atom is -0.285 e. The Labute approximate surface area is 194 Å². The molecule has 0 radical (unpaired) electrons. The summed E-state index contributed by atoms with van der Waals surface area (Å²) in [4.78, 5) is 18.0. The Hall–Kier alpha value is -2.49. The third-order valence-corrected chi connectivity index (χ3v) is 6.89. The molecule has 0 unspecified atom stereocenters. The molecule has 0 bridgehead atoms. The molecule has 0 spiro atoms. The van der Waals surface area contributed by atoms with Gasteiger partial charge in [-0.15, -0.1) is 0 Å². The summed E-state index contributed by atoms with van der Waals surface area (Å²) in [6.45, 7) is 6.41. The van der Waals surface area contributed by atoms with Crippen molar-refractivity contribution in [2.75, 3.05) is 9.80 Å². The highest BCUT2D eigenvalue weighted by molar-refractivity contribution is 6.31. The van der Waals surface area contributed by atoms with Crippen LogP contribution >= 0.6 is 23.2 Å². The molecular formula is C26H26Cl2N2O. The second-order valence-corrected chi connectivity index (χ2v) is 8.94. The van der Waals surface area contributed by atoms with Gasteiger partial charge in [-0.1, -0.05) is 66.9 Å². The number of rotatable bonds is 5. The van der Waals surface area contributed by atoms with Crippen molar-refractivity contribution in [2.24, 2.45) is 0 Å². The van der Waals surface area contributed by atoms with E-state index in [0.29, 0.717) is 10.0 Å². The number of halogens is 2. The van der Waals surface area contributed by atoms with Crippen LogP contribution in [0, 0.1) is 6.92 Å². The highest BCUT2D eigenvalue weighted by Crippen LogP contribution is 2.51. The van der Waals surface area contributed by atoms with E-state index in [-0.39, 0.29) is 12.1 Å². The lowest BCUT2D eigenvalue weighted by atomic mass is 9.79. The van der Waals surface area contributed by atoms with Crippen LogP contribution < -0.4 is 9.80 Å². The SMILES string of the molecule is CCC1(CC)[C@@H](c2cccc(C)c2)N(c2ccc(Cl)cc2)C(=O)N1c1ccc(Cl)cc1. The van der Waals surface area contributed by atoms with Gasteiger partial charge in [-0.05, 0) is 73.9 Å². The Bertz CT molecular complexity index is 1080. The molecule has 3 aromatic rings. The van der Waals surface area contributed by atoms with E-state index in [4.69, 9.17) is 23.2 Å². The number of hydrogen-bond acceptors (Lipinski definition) is 1. The molecule has 1 aliphatic heterocycles. The third-order valence-electron chi connectivity index (χ3n) is 6.38. The van der Waals surface area contributed by atoms with Gasteiger partial charge in [-0.2, -0.15) is 0 Å². The predicted molar refractivity (Wildman–Crippen MR) is 130 cm³/mol. The molecule has 1 saturated heterocycles. The van der Waals surface area contributed by atoms with Crippen LogP contribution in [0.1, 0.15) is 43.9 Å². The van der Waals surface area contributed by atoms with Crippen molar-refractivity contribution in [1.82, 2.24) is 0 Å². The quantitative estimate of drug-likeness (QED) is 0.383. The summed E-state index contributed by atoms with van der Waals surface area (Å²) in [5.74, 6) is 0. The number of carbonyl (C=O) groups excluding carboxylic acids is 1. The molecule has 3 aromatic carbocycles. The Kier molecular flexibility index (Phi) is 6.00. The van der Waals surface area contributed by atoms with E-state index in [9.17, 15) is 4.79 Å². The molecule has 1 aliphatic rings. The molecule has 31 heavy (non-hydrogen) atoms. The number of anilines is 2. The van der Waals surface area contributed by atoms with Crippen molar-refractivity contribution in [1.29, 1.82) is 0 Å². The second kappa shape index (κ2) is 8.57. The maximum Gasteiger partial charge on any atom is 0.330 e. The standard InChI is InChI=1S/C26H26Cl2N2O/c1-4-26(5-2)24(19-8-6-7-18(3)17-19)29(22-13-9-20(27)10-14-22)25(31)30(26)23-15-11-21(28)12-16-23/h6-17,24H,4-5H2,1-3H3/t24-/m1/s1. The van der Waals surface area contributed by atoms with Gasteiger partial charge in [0.15, 0.2) is 0 Å². The topological polar surface area (TPSA) is 23.6 Å². The first-order valence-corrected chi connectivity index (χ1v) is 11.4. The molecule has 2 amide bonds. The molecule has 1 heterocycles. The van der Waals surface area contributed by atoms with E-state index < -0.39 is 5.54 Å². The van der Waals surface area contributed by atoms with Crippen molar-refractivity contribution >= 4 is 40.6 Å². The molecule has 1 atom stereocenters. The Morgan fingerprint density at radius 3 is 1.90 bits per heavy atom. The number of nitrogens with zero attached hydrogens (tertiary/aromatic N) is 2. The number of carbonyl (C=O) groups is 1. The zero-order valence-corrected chi connectivity index (χ0v) is 19.5. The van der Waals surface area contributed by atoms with Crippen LogP contribution in [0.5, 0.6) is 0 Å². The molecule has 0 aliphatic carbocycles. The largest absolute Gasteiger partial charge is 0.330 e. The molecular weight excluding hydrogens is 427 g/mol. The Morgan fingerprint density at radius 2 is 1.39 bits per heavy atom. The summed E-state index contributed by atoms with van der Waals surface area (Å²) < 4.78 is 0. The van der Waals surface area contributed by atoms with Crippen LogP contribution in [0.4, 0.5) is 16.2 Å².